The van der Waals surface area contributed by atoms with Gasteiger partial charge in [0.05, 0.1) is 11.0 Å². The van der Waals surface area contributed by atoms with E-state index >= 15 is 0 Å². The van der Waals surface area contributed by atoms with Gasteiger partial charge in [0.15, 0.2) is 5.96 Å². The molecule has 1 aliphatic rings. The van der Waals surface area contributed by atoms with E-state index in [0.717, 1.165) is 25.2 Å². The Bertz CT molecular complexity index is 778. The van der Waals surface area contributed by atoms with Crippen molar-refractivity contribution in [2.75, 3.05) is 26.7 Å². The first-order valence-electron chi connectivity index (χ1n) is 9.12. The normalized spacial score (nSPS) is 15.7. The molecular weight excluding hydrogens is 489 g/mol. The van der Waals surface area contributed by atoms with Crippen LogP contribution in [0.1, 0.15) is 29.3 Å². The van der Waals surface area contributed by atoms with Crippen LogP contribution in [0.2, 0.25) is 0 Å². The molecule has 9 heteroatoms. The fourth-order valence-electron chi connectivity index (χ4n) is 3.32. The molecule has 1 aliphatic heterocycles. The molecule has 2 N–H and O–H groups in total. The van der Waals surface area contributed by atoms with Gasteiger partial charge in [0.2, 0.25) is 0 Å². The minimum Gasteiger partial charge on any atom is -0.354 e. The van der Waals surface area contributed by atoms with Crippen molar-refractivity contribution in [2.24, 2.45) is 4.99 Å². The van der Waals surface area contributed by atoms with Crippen molar-refractivity contribution >= 4 is 47.0 Å². The van der Waals surface area contributed by atoms with Gasteiger partial charge in [-0.2, -0.15) is 0 Å². The van der Waals surface area contributed by atoms with Crippen molar-refractivity contribution in [1.29, 1.82) is 0 Å². The number of halogens is 1. The number of rotatable bonds is 7. The summed E-state index contributed by atoms with van der Waals surface area (Å²) in [5, 5.41) is 19.7. The average molecular weight is 515 g/mol. The van der Waals surface area contributed by atoms with Crippen molar-refractivity contribution in [3.05, 3.63) is 62.3 Å². The lowest BCUT2D eigenvalue weighted by Crippen LogP contribution is -2.42. The highest BCUT2D eigenvalue weighted by molar-refractivity contribution is 14.0. The molecule has 0 amide bonds. The topological polar surface area (TPSA) is 82.8 Å². The molecule has 1 fully saturated rings. The summed E-state index contributed by atoms with van der Waals surface area (Å²) in [5.74, 6) is 0.697. The zero-order valence-corrected chi connectivity index (χ0v) is 19.0. The first-order chi connectivity index (χ1) is 13.2. The van der Waals surface area contributed by atoms with E-state index in [2.05, 4.69) is 38.0 Å². The van der Waals surface area contributed by atoms with E-state index in [1.807, 2.05) is 6.07 Å². The van der Waals surface area contributed by atoms with Gasteiger partial charge in [-0.25, -0.2) is 0 Å². The fraction of sp³-hybridized carbons (Fsp3) is 0.421. The summed E-state index contributed by atoms with van der Waals surface area (Å²) in [6, 6.07) is 11.3. The number of hydrogen-bond acceptors (Lipinski definition) is 5. The second-order valence-electron chi connectivity index (χ2n) is 6.51. The monoisotopic (exact) mass is 515 g/mol. The number of hydrogen-bond donors (Lipinski definition) is 2. The first kappa shape index (κ1) is 22.6. The number of nitrogens with zero attached hydrogens (tertiary/aromatic N) is 3. The maximum absolute atomic E-state index is 10.9. The molecule has 0 aliphatic carbocycles. The molecule has 0 bridgehead atoms. The van der Waals surface area contributed by atoms with Crippen LogP contribution in [-0.2, 0) is 6.54 Å². The third-order valence-electron chi connectivity index (χ3n) is 4.72. The Labute approximate surface area is 186 Å². The van der Waals surface area contributed by atoms with Crippen LogP contribution < -0.4 is 10.6 Å². The number of nitro groups is 1. The summed E-state index contributed by atoms with van der Waals surface area (Å²) >= 11 is 1.79. The molecule has 1 saturated heterocycles. The van der Waals surface area contributed by atoms with Gasteiger partial charge >= 0.3 is 0 Å². The Kier molecular flexibility index (Phi) is 9.13. The quantitative estimate of drug-likeness (QED) is 0.193. The van der Waals surface area contributed by atoms with Crippen LogP contribution in [0.3, 0.4) is 0 Å². The zero-order valence-electron chi connectivity index (χ0n) is 15.8. The molecule has 7 nitrogen and oxygen atoms in total. The highest BCUT2D eigenvalue weighted by Crippen LogP contribution is 2.27. The van der Waals surface area contributed by atoms with Crippen LogP contribution in [0.4, 0.5) is 5.69 Å². The highest BCUT2D eigenvalue weighted by Gasteiger charge is 2.24. The van der Waals surface area contributed by atoms with Crippen LogP contribution >= 0.6 is 35.3 Å². The Balaban J connectivity index is 0.00000280. The molecule has 152 valence electrons. The van der Waals surface area contributed by atoms with Gasteiger partial charge in [-0.05, 0) is 42.9 Å². The first-order valence-corrected chi connectivity index (χ1v) is 10.0. The fourth-order valence-corrected chi connectivity index (χ4v) is 4.18. The smallest absolute Gasteiger partial charge is 0.269 e. The molecule has 1 aromatic carbocycles. The van der Waals surface area contributed by atoms with E-state index < -0.39 is 0 Å². The SMILES string of the molecule is CN=C(NCc1cccc([N+](=O)[O-])c1)NCC(c1cccs1)N1CCCC1.I. The third-order valence-corrected chi connectivity index (χ3v) is 5.69. The molecule has 0 spiro atoms. The second-order valence-corrected chi connectivity index (χ2v) is 7.49. The maximum Gasteiger partial charge on any atom is 0.269 e. The predicted molar refractivity (Wildman–Crippen MR) is 125 cm³/mol. The summed E-state index contributed by atoms with van der Waals surface area (Å²) in [6.07, 6.45) is 2.50. The van der Waals surface area contributed by atoms with Crippen molar-refractivity contribution < 1.29 is 4.92 Å². The van der Waals surface area contributed by atoms with E-state index in [1.54, 1.807) is 30.5 Å². The Morgan fingerprint density at radius 1 is 1.29 bits per heavy atom. The largest absolute Gasteiger partial charge is 0.354 e. The number of guanidine groups is 1. The lowest BCUT2D eigenvalue weighted by atomic mass is 10.2. The second kappa shape index (κ2) is 11.3. The Morgan fingerprint density at radius 3 is 2.71 bits per heavy atom. The number of aliphatic imine (C=N–C) groups is 1. The Hall–Kier alpha value is -1.72. The van der Waals surface area contributed by atoms with Crippen molar-refractivity contribution in [3.63, 3.8) is 0 Å². The van der Waals surface area contributed by atoms with Crippen molar-refractivity contribution in [1.82, 2.24) is 15.5 Å². The van der Waals surface area contributed by atoms with Gasteiger partial charge in [-0.15, -0.1) is 35.3 Å². The summed E-state index contributed by atoms with van der Waals surface area (Å²) in [6.45, 7) is 3.51. The van der Waals surface area contributed by atoms with E-state index in [-0.39, 0.29) is 34.6 Å². The summed E-state index contributed by atoms with van der Waals surface area (Å²) in [5.41, 5.74) is 0.950. The summed E-state index contributed by atoms with van der Waals surface area (Å²) in [7, 11) is 1.73. The Morgan fingerprint density at radius 2 is 2.07 bits per heavy atom. The van der Waals surface area contributed by atoms with E-state index in [9.17, 15) is 10.1 Å². The van der Waals surface area contributed by atoms with Crippen LogP contribution in [-0.4, -0.2) is 42.5 Å². The van der Waals surface area contributed by atoms with Gasteiger partial charge in [0, 0.05) is 37.1 Å². The lowest BCUT2D eigenvalue weighted by Gasteiger charge is -2.27. The number of likely N-dealkylation sites (tertiary alicyclic amines) is 1. The van der Waals surface area contributed by atoms with Gasteiger partial charge in [0.25, 0.3) is 5.69 Å². The van der Waals surface area contributed by atoms with E-state index in [0.29, 0.717) is 18.5 Å². The van der Waals surface area contributed by atoms with Crippen LogP contribution in [0, 0.1) is 10.1 Å². The lowest BCUT2D eigenvalue weighted by molar-refractivity contribution is -0.384. The number of benzene rings is 1. The van der Waals surface area contributed by atoms with Crippen LogP contribution in [0.25, 0.3) is 0 Å². The number of nitro benzene ring substituents is 1. The van der Waals surface area contributed by atoms with Gasteiger partial charge < -0.3 is 10.6 Å². The molecule has 2 aromatic rings. The molecule has 1 atom stereocenters. The summed E-state index contributed by atoms with van der Waals surface area (Å²) in [4.78, 5) is 18.7. The molecule has 28 heavy (non-hydrogen) atoms. The molecule has 3 rings (SSSR count). The minimum atomic E-state index is -0.377. The van der Waals surface area contributed by atoms with E-state index in [1.165, 1.54) is 23.8 Å². The number of nitrogens with one attached hydrogen (secondary N) is 2. The van der Waals surface area contributed by atoms with Crippen LogP contribution in [0.15, 0.2) is 46.8 Å². The maximum atomic E-state index is 10.9. The molecule has 1 aromatic heterocycles. The van der Waals surface area contributed by atoms with Gasteiger partial charge in [-0.3, -0.25) is 20.0 Å². The molecule has 0 radical (unpaired) electrons. The highest BCUT2D eigenvalue weighted by atomic mass is 127. The average Bonchev–Trinajstić information content (AvgIpc) is 3.39. The van der Waals surface area contributed by atoms with E-state index in [4.69, 9.17) is 0 Å². The zero-order chi connectivity index (χ0) is 19.1. The number of thiophene rings is 1. The minimum absolute atomic E-state index is 0. The molecule has 1 unspecified atom stereocenters. The van der Waals surface area contributed by atoms with Crippen molar-refractivity contribution in [3.8, 4) is 0 Å². The standard InChI is InChI=1S/C19H25N5O2S.HI/c1-20-19(21-13-15-6-4-7-16(12-15)24(25)26)22-14-17(18-8-5-11-27-18)23-9-2-3-10-23;/h4-8,11-12,17H,2-3,9-10,13-14H2,1H3,(H2,20,21,22);1H. The molecule has 0 saturated carbocycles. The van der Waals surface area contributed by atoms with Gasteiger partial charge in [0.1, 0.15) is 0 Å². The predicted octanol–water partition coefficient (Wildman–Crippen LogP) is 3.78. The van der Waals surface area contributed by atoms with Crippen molar-refractivity contribution in [2.45, 2.75) is 25.4 Å². The molecular formula is C19H26IN5O2S. The third kappa shape index (κ3) is 6.14. The molecule has 2 heterocycles. The van der Waals surface area contributed by atoms with Crippen LogP contribution in [0.5, 0.6) is 0 Å². The summed E-state index contributed by atoms with van der Waals surface area (Å²) < 4.78 is 0. The van der Waals surface area contributed by atoms with Gasteiger partial charge in [-0.1, -0.05) is 18.2 Å². The number of non-ortho nitro benzene ring substituents is 1.